The SMILES string of the molecule is COc1cccc2c1CCC1C(C)(C)CCCC21C. The Morgan fingerprint density at radius 1 is 1.16 bits per heavy atom. The fraction of sp³-hybridized carbons (Fsp3) is 0.667. The van der Waals surface area contributed by atoms with Gasteiger partial charge in [-0.25, -0.2) is 0 Å². The fourth-order valence-corrected chi connectivity index (χ4v) is 4.99. The highest BCUT2D eigenvalue weighted by atomic mass is 16.5. The lowest BCUT2D eigenvalue weighted by Crippen LogP contribution is -2.47. The molecule has 0 aliphatic heterocycles. The van der Waals surface area contributed by atoms with E-state index in [4.69, 9.17) is 4.74 Å². The van der Waals surface area contributed by atoms with Gasteiger partial charge in [0.2, 0.25) is 0 Å². The van der Waals surface area contributed by atoms with Gasteiger partial charge in [0, 0.05) is 0 Å². The number of fused-ring (bicyclic) bond motifs is 3. The molecule has 0 bridgehead atoms. The van der Waals surface area contributed by atoms with Crippen molar-refractivity contribution in [1.82, 2.24) is 0 Å². The average molecular weight is 258 g/mol. The van der Waals surface area contributed by atoms with Crippen molar-refractivity contribution in [1.29, 1.82) is 0 Å². The summed E-state index contributed by atoms with van der Waals surface area (Å²) in [6, 6.07) is 6.65. The van der Waals surface area contributed by atoms with Gasteiger partial charge in [0.15, 0.2) is 0 Å². The van der Waals surface area contributed by atoms with Crippen molar-refractivity contribution in [3.05, 3.63) is 29.3 Å². The van der Waals surface area contributed by atoms with E-state index >= 15 is 0 Å². The van der Waals surface area contributed by atoms with Crippen molar-refractivity contribution < 1.29 is 4.74 Å². The summed E-state index contributed by atoms with van der Waals surface area (Å²) >= 11 is 0. The molecule has 0 spiro atoms. The largest absolute Gasteiger partial charge is 0.496 e. The summed E-state index contributed by atoms with van der Waals surface area (Å²) < 4.78 is 5.59. The molecule has 0 saturated heterocycles. The Hall–Kier alpha value is -0.980. The molecular weight excluding hydrogens is 232 g/mol. The maximum Gasteiger partial charge on any atom is 0.122 e. The van der Waals surface area contributed by atoms with Gasteiger partial charge in [0.1, 0.15) is 5.75 Å². The molecule has 0 amide bonds. The fourth-order valence-electron chi connectivity index (χ4n) is 4.99. The van der Waals surface area contributed by atoms with Crippen LogP contribution in [0.2, 0.25) is 0 Å². The van der Waals surface area contributed by atoms with Gasteiger partial charge in [-0.05, 0) is 59.6 Å². The lowest BCUT2D eigenvalue weighted by atomic mass is 9.50. The van der Waals surface area contributed by atoms with Gasteiger partial charge >= 0.3 is 0 Å². The molecule has 2 atom stereocenters. The van der Waals surface area contributed by atoms with E-state index < -0.39 is 0 Å². The van der Waals surface area contributed by atoms with Crippen LogP contribution in [0, 0.1) is 11.3 Å². The monoisotopic (exact) mass is 258 g/mol. The average Bonchev–Trinajstić information content (AvgIpc) is 2.37. The zero-order valence-corrected chi connectivity index (χ0v) is 12.8. The molecule has 3 rings (SSSR count). The molecule has 2 aliphatic carbocycles. The zero-order valence-electron chi connectivity index (χ0n) is 12.8. The van der Waals surface area contributed by atoms with Gasteiger partial charge in [0.25, 0.3) is 0 Å². The molecule has 1 nitrogen and oxygen atoms in total. The van der Waals surface area contributed by atoms with Gasteiger partial charge < -0.3 is 4.74 Å². The summed E-state index contributed by atoms with van der Waals surface area (Å²) in [5.74, 6) is 1.91. The minimum atomic E-state index is 0.351. The number of ether oxygens (including phenoxy) is 1. The second kappa shape index (κ2) is 4.26. The Labute approximate surface area is 117 Å². The quantitative estimate of drug-likeness (QED) is 0.708. The van der Waals surface area contributed by atoms with Crippen LogP contribution in [0.4, 0.5) is 0 Å². The van der Waals surface area contributed by atoms with E-state index in [0.29, 0.717) is 10.8 Å². The summed E-state index contributed by atoms with van der Waals surface area (Å²) in [4.78, 5) is 0. The van der Waals surface area contributed by atoms with E-state index in [-0.39, 0.29) is 0 Å². The molecule has 1 aromatic carbocycles. The van der Waals surface area contributed by atoms with Crippen molar-refractivity contribution in [3.8, 4) is 5.75 Å². The van der Waals surface area contributed by atoms with Crippen LogP contribution in [0.3, 0.4) is 0 Å². The third-order valence-electron chi connectivity index (χ3n) is 5.88. The van der Waals surface area contributed by atoms with E-state index in [9.17, 15) is 0 Å². The summed E-state index contributed by atoms with van der Waals surface area (Å²) in [6.07, 6.45) is 6.57. The van der Waals surface area contributed by atoms with Gasteiger partial charge in [-0.1, -0.05) is 39.3 Å². The third kappa shape index (κ3) is 1.81. The predicted molar refractivity (Wildman–Crippen MR) is 79.8 cm³/mol. The molecule has 104 valence electrons. The number of rotatable bonds is 1. The molecule has 1 aromatic rings. The van der Waals surface area contributed by atoms with Crippen molar-refractivity contribution in [2.24, 2.45) is 11.3 Å². The summed E-state index contributed by atoms with van der Waals surface area (Å²) in [7, 11) is 1.80. The zero-order chi connectivity index (χ0) is 13.7. The standard InChI is InChI=1S/C18H26O/c1-17(2)11-6-12-18(3)14-7-5-8-15(19-4)13(14)9-10-16(17)18/h5,7-8,16H,6,9-12H2,1-4H3. The highest BCUT2D eigenvalue weighted by Crippen LogP contribution is 2.57. The van der Waals surface area contributed by atoms with Crippen LogP contribution in [0.15, 0.2) is 18.2 Å². The molecule has 0 N–H and O–H groups in total. The number of methoxy groups -OCH3 is 1. The highest BCUT2D eigenvalue weighted by molar-refractivity contribution is 5.47. The first-order valence-electron chi connectivity index (χ1n) is 7.65. The maximum atomic E-state index is 5.59. The summed E-state index contributed by atoms with van der Waals surface area (Å²) in [5.41, 5.74) is 3.87. The van der Waals surface area contributed by atoms with Crippen LogP contribution in [0.25, 0.3) is 0 Å². The molecule has 0 aromatic heterocycles. The highest BCUT2D eigenvalue weighted by Gasteiger charge is 2.49. The molecule has 2 aliphatic rings. The van der Waals surface area contributed by atoms with Crippen molar-refractivity contribution in [2.45, 2.75) is 58.3 Å². The first-order chi connectivity index (χ1) is 8.99. The van der Waals surface area contributed by atoms with Crippen LogP contribution in [-0.2, 0) is 11.8 Å². The van der Waals surface area contributed by atoms with E-state index in [1.165, 1.54) is 37.7 Å². The predicted octanol–water partition coefficient (Wildman–Crippen LogP) is 4.73. The molecule has 2 unspecified atom stereocenters. The van der Waals surface area contributed by atoms with Gasteiger partial charge in [-0.3, -0.25) is 0 Å². The Morgan fingerprint density at radius 3 is 2.68 bits per heavy atom. The van der Waals surface area contributed by atoms with E-state index in [2.05, 4.69) is 39.0 Å². The topological polar surface area (TPSA) is 9.23 Å². The molecule has 19 heavy (non-hydrogen) atoms. The molecular formula is C18H26O. The molecule has 0 heterocycles. The Bertz CT molecular complexity index is 488. The van der Waals surface area contributed by atoms with Crippen molar-refractivity contribution in [3.63, 3.8) is 0 Å². The first kappa shape index (κ1) is 13.0. The van der Waals surface area contributed by atoms with Gasteiger partial charge in [0.05, 0.1) is 7.11 Å². The van der Waals surface area contributed by atoms with Crippen LogP contribution in [-0.4, -0.2) is 7.11 Å². The lowest BCUT2D eigenvalue weighted by Gasteiger charge is -2.54. The Kier molecular flexibility index (Phi) is 2.92. The minimum Gasteiger partial charge on any atom is -0.496 e. The van der Waals surface area contributed by atoms with Crippen LogP contribution in [0.5, 0.6) is 5.75 Å². The minimum absolute atomic E-state index is 0.351. The summed E-state index contributed by atoms with van der Waals surface area (Å²) in [6.45, 7) is 7.44. The summed E-state index contributed by atoms with van der Waals surface area (Å²) in [5, 5.41) is 0. The normalized spacial score (nSPS) is 32.3. The number of benzene rings is 1. The molecule has 1 heteroatoms. The first-order valence-corrected chi connectivity index (χ1v) is 7.65. The molecule has 1 saturated carbocycles. The Morgan fingerprint density at radius 2 is 1.95 bits per heavy atom. The second-order valence-corrected chi connectivity index (χ2v) is 7.34. The van der Waals surface area contributed by atoms with Crippen molar-refractivity contribution in [2.75, 3.05) is 7.11 Å². The van der Waals surface area contributed by atoms with Crippen molar-refractivity contribution >= 4 is 0 Å². The maximum absolute atomic E-state index is 5.59. The van der Waals surface area contributed by atoms with Gasteiger partial charge in [-0.2, -0.15) is 0 Å². The number of hydrogen-bond acceptors (Lipinski definition) is 1. The van der Waals surface area contributed by atoms with E-state index in [1.54, 1.807) is 12.7 Å². The molecule has 0 radical (unpaired) electrons. The van der Waals surface area contributed by atoms with Crippen LogP contribution in [0.1, 0.15) is 57.6 Å². The third-order valence-corrected chi connectivity index (χ3v) is 5.88. The number of hydrogen-bond donors (Lipinski definition) is 0. The van der Waals surface area contributed by atoms with Crippen LogP contribution < -0.4 is 4.74 Å². The second-order valence-electron chi connectivity index (χ2n) is 7.34. The van der Waals surface area contributed by atoms with E-state index in [1.807, 2.05) is 0 Å². The smallest absolute Gasteiger partial charge is 0.122 e. The van der Waals surface area contributed by atoms with Crippen LogP contribution >= 0.6 is 0 Å². The van der Waals surface area contributed by atoms with E-state index in [0.717, 1.165) is 11.7 Å². The Balaban J connectivity index is 2.13. The lowest BCUT2D eigenvalue weighted by molar-refractivity contribution is 0.0402. The molecule has 1 fully saturated rings. The van der Waals surface area contributed by atoms with Gasteiger partial charge in [-0.15, -0.1) is 0 Å².